The van der Waals surface area contributed by atoms with Crippen molar-refractivity contribution in [3.63, 3.8) is 0 Å². The van der Waals surface area contributed by atoms with Gasteiger partial charge in [0, 0.05) is 13.1 Å². The van der Waals surface area contributed by atoms with Gasteiger partial charge >= 0.3 is 0 Å². The molecule has 4 nitrogen and oxygen atoms in total. The van der Waals surface area contributed by atoms with Crippen molar-refractivity contribution in [2.45, 2.75) is 0 Å². The van der Waals surface area contributed by atoms with Crippen LogP contribution < -0.4 is 10.6 Å². The van der Waals surface area contributed by atoms with Crippen LogP contribution in [0.4, 0.5) is 14.5 Å². The Kier molecular flexibility index (Phi) is 5.51. The molecule has 1 aromatic carbocycles. The van der Waals surface area contributed by atoms with Crippen molar-refractivity contribution in [1.29, 1.82) is 0 Å². The molecule has 18 heavy (non-hydrogen) atoms. The Morgan fingerprint density at radius 3 is 2.44 bits per heavy atom. The smallest absolute Gasteiger partial charge is 0.239 e. The third-order valence-electron chi connectivity index (χ3n) is 2.27. The molecule has 0 heterocycles. The standard InChI is InChI=1S/C12H17F2N3O/c1-17(2)7-6-15-11(18)8-16-12-9(13)4-3-5-10(12)14/h3-5,16H,6-8H2,1-2H3,(H,15,18). The minimum absolute atomic E-state index is 0.161. The van der Waals surface area contributed by atoms with E-state index < -0.39 is 11.6 Å². The average Bonchev–Trinajstić information content (AvgIpc) is 2.27. The summed E-state index contributed by atoms with van der Waals surface area (Å²) in [6.07, 6.45) is 0. The quantitative estimate of drug-likeness (QED) is 0.801. The van der Waals surface area contributed by atoms with Gasteiger partial charge in [-0.05, 0) is 26.2 Å². The predicted octanol–water partition coefficient (Wildman–Crippen LogP) is 1.05. The van der Waals surface area contributed by atoms with E-state index in [2.05, 4.69) is 10.6 Å². The second-order valence-corrected chi connectivity index (χ2v) is 4.10. The van der Waals surface area contributed by atoms with E-state index >= 15 is 0 Å². The van der Waals surface area contributed by atoms with Gasteiger partial charge in [0.05, 0.1) is 6.54 Å². The first kappa shape index (κ1) is 14.4. The summed E-state index contributed by atoms with van der Waals surface area (Å²) in [5.41, 5.74) is -0.278. The maximum absolute atomic E-state index is 13.2. The molecule has 0 spiro atoms. The van der Waals surface area contributed by atoms with Gasteiger partial charge in [0.25, 0.3) is 0 Å². The van der Waals surface area contributed by atoms with Gasteiger partial charge in [-0.2, -0.15) is 0 Å². The lowest BCUT2D eigenvalue weighted by Gasteiger charge is -2.11. The summed E-state index contributed by atoms with van der Waals surface area (Å²) in [6.45, 7) is 1.04. The molecule has 0 bridgehead atoms. The molecule has 100 valence electrons. The fourth-order valence-corrected chi connectivity index (χ4v) is 1.32. The number of nitrogens with one attached hydrogen (secondary N) is 2. The molecule has 1 amide bonds. The molecule has 6 heteroatoms. The van der Waals surface area contributed by atoms with Crippen molar-refractivity contribution in [3.8, 4) is 0 Å². The summed E-state index contributed by atoms with van der Waals surface area (Å²) in [5, 5.41) is 5.08. The number of rotatable bonds is 6. The second kappa shape index (κ2) is 6.90. The van der Waals surface area contributed by atoms with E-state index in [1.807, 2.05) is 19.0 Å². The zero-order chi connectivity index (χ0) is 13.5. The highest BCUT2D eigenvalue weighted by molar-refractivity contribution is 5.80. The van der Waals surface area contributed by atoms with E-state index in [1.54, 1.807) is 0 Å². The van der Waals surface area contributed by atoms with Crippen molar-refractivity contribution in [2.24, 2.45) is 0 Å². The van der Waals surface area contributed by atoms with E-state index in [0.29, 0.717) is 13.1 Å². The van der Waals surface area contributed by atoms with Crippen LogP contribution in [0, 0.1) is 11.6 Å². The molecular formula is C12H17F2N3O. The largest absolute Gasteiger partial charge is 0.371 e. The minimum atomic E-state index is -0.712. The number of benzene rings is 1. The van der Waals surface area contributed by atoms with Gasteiger partial charge in [-0.25, -0.2) is 8.78 Å². The Labute approximate surface area is 105 Å². The molecule has 0 radical (unpaired) electrons. The first-order valence-electron chi connectivity index (χ1n) is 5.60. The Hall–Kier alpha value is -1.69. The third-order valence-corrected chi connectivity index (χ3v) is 2.27. The molecule has 0 saturated carbocycles. The summed E-state index contributed by atoms with van der Waals surface area (Å²) < 4.78 is 26.4. The Balaban J connectivity index is 2.38. The molecule has 0 aliphatic rings. The molecule has 0 aromatic heterocycles. The van der Waals surface area contributed by atoms with Crippen LogP contribution in [-0.2, 0) is 4.79 Å². The number of hydrogen-bond donors (Lipinski definition) is 2. The Bertz CT molecular complexity index is 390. The molecule has 0 atom stereocenters. The van der Waals surface area contributed by atoms with Gasteiger partial charge in [0.15, 0.2) is 0 Å². The van der Waals surface area contributed by atoms with Crippen molar-refractivity contribution in [1.82, 2.24) is 10.2 Å². The summed E-state index contributed by atoms with van der Waals surface area (Å²) in [4.78, 5) is 13.3. The van der Waals surface area contributed by atoms with Gasteiger partial charge < -0.3 is 15.5 Å². The van der Waals surface area contributed by atoms with Gasteiger partial charge in [0.1, 0.15) is 17.3 Å². The second-order valence-electron chi connectivity index (χ2n) is 4.10. The number of halogens is 2. The van der Waals surface area contributed by atoms with Crippen molar-refractivity contribution >= 4 is 11.6 Å². The van der Waals surface area contributed by atoms with E-state index in [4.69, 9.17) is 0 Å². The molecule has 2 N–H and O–H groups in total. The zero-order valence-corrected chi connectivity index (χ0v) is 10.5. The highest BCUT2D eigenvalue weighted by Crippen LogP contribution is 2.17. The third kappa shape index (κ3) is 4.67. The van der Waals surface area contributed by atoms with E-state index in [0.717, 1.165) is 12.1 Å². The van der Waals surface area contributed by atoms with Crippen LogP contribution >= 0.6 is 0 Å². The Morgan fingerprint density at radius 1 is 1.28 bits per heavy atom. The van der Waals surface area contributed by atoms with Crippen LogP contribution in [-0.4, -0.2) is 44.5 Å². The number of amides is 1. The number of nitrogens with zero attached hydrogens (tertiary/aromatic N) is 1. The topological polar surface area (TPSA) is 44.4 Å². The fourth-order valence-electron chi connectivity index (χ4n) is 1.32. The fraction of sp³-hybridized carbons (Fsp3) is 0.417. The SMILES string of the molecule is CN(C)CCNC(=O)CNc1c(F)cccc1F. The first-order valence-corrected chi connectivity index (χ1v) is 5.60. The van der Waals surface area contributed by atoms with Crippen LogP contribution in [0.5, 0.6) is 0 Å². The molecule has 1 aromatic rings. The van der Waals surface area contributed by atoms with Crippen LogP contribution in [0.2, 0.25) is 0 Å². The summed E-state index contributed by atoms with van der Waals surface area (Å²) in [7, 11) is 3.78. The predicted molar refractivity (Wildman–Crippen MR) is 66.4 cm³/mol. The van der Waals surface area contributed by atoms with Crippen LogP contribution in [0.25, 0.3) is 0 Å². The molecule has 0 aliphatic heterocycles. The van der Waals surface area contributed by atoms with Crippen molar-refractivity contribution in [3.05, 3.63) is 29.8 Å². The number of para-hydroxylation sites is 1. The van der Waals surface area contributed by atoms with Crippen LogP contribution in [0.3, 0.4) is 0 Å². The van der Waals surface area contributed by atoms with Crippen LogP contribution in [0.15, 0.2) is 18.2 Å². The summed E-state index contributed by atoms with van der Waals surface area (Å²) >= 11 is 0. The summed E-state index contributed by atoms with van der Waals surface area (Å²) in [6, 6.07) is 3.54. The lowest BCUT2D eigenvalue weighted by Crippen LogP contribution is -2.35. The molecular weight excluding hydrogens is 240 g/mol. The maximum atomic E-state index is 13.2. The highest BCUT2D eigenvalue weighted by atomic mass is 19.1. The lowest BCUT2D eigenvalue weighted by atomic mass is 10.3. The summed E-state index contributed by atoms with van der Waals surface area (Å²) in [5.74, 6) is -1.73. The normalized spacial score (nSPS) is 10.5. The Morgan fingerprint density at radius 2 is 1.89 bits per heavy atom. The maximum Gasteiger partial charge on any atom is 0.239 e. The van der Waals surface area contributed by atoms with Gasteiger partial charge in [-0.1, -0.05) is 6.07 Å². The van der Waals surface area contributed by atoms with Gasteiger partial charge in [-0.15, -0.1) is 0 Å². The number of likely N-dealkylation sites (N-methyl/N-ethyl adjacent to an activating group) is 1. The molecule has 1 rings (SSSR count). The molecule has 0 saturated heterocycles. The number of carbonyl (C=O) groups excluding carboxylic acids is 1. The number of anilines is 1. The van der Waals surface area contributed by atoms with E-state index in [-0.39, 0.29) is 18.1 Å². The van der Waals surface area contributed by atoms with Gasteiger partial charge in [0.2, 0.25) is 5.91 Å². The average molecular weight is 257 g/mol. The van der Waals surface area contributed by atoms with Crippen molar-refractivity contribution in [2.75, 3.05) is 39.0 Å². The number of hydrogen-bond acceptors (Lipinski definition) is 3. The van der Waals surface area contributed by atoms with E-state index in [9.17, 15) is 13.6 Å². The van der Waals surface area contributed by atoms with Gasteiger partial charge in [-0.3, -0.25) is 4.79 Å². The van der Waals surface area contributed by atoms with Crippen LogP contribution in [0.1, 0.15) is 0 Å². The first-order chi connectivity index (χ1) is 8.50. The number of carbonyl (C=O) groups is 1. The monoisotopic (exact) mass is 257 g/mol. The van der Waals surface area contributed by atoms with E-state index in [1.165, 1.54) is 6.07 Å². The highest BCUT2D eigenvalue weighted by Gasteiger charge is 2.09. The lowest BCUT2D eigenvalue weighted by molar-refractivity contribution is -0.119. The van der Waals surface area contributed by atoms with Crippen molar-refractivity contribution < 1.29 is 13.6 Å². The molecule has 0 aliphatic carbocycles. The zero-order valence-electron chi connectivity index (χ0n) is 10.5. The minimum Gasteiger partial charge on any atom is -0.371 e. The molecule has 0 unspecified atom stereocenters. The molecule has 0 fully saturated rings.